The highest BCUT2D eigenvalue weighted by Gasteiger charge is 2.09. The average molecular weight is 357 g/mol. The average Bonchev–Trinajstić information content (AvgIpc) is 2.94. The molecule has 0 saturated carbocycles. The van der Waals surface area contributed by atoms with Crippen LogP contribution in [0.2, 0.25) is 0 Å². The van der Waals surface area contributed by atoms with Crippen LogP contribution in [0.4, 0.5) is 5.69 Å². The monoisotopic (exact) mass is 357 g/mol. The molecule has 0 fully saturated rings. The lowest BCUT2D eigenvalue weighted by atomic mass is 10.1. The van der Waals surface area contributed by atoms with E-state index in [0.29, 0.717) is 18.4 Å². The van der Waals surface area contributed by atoms with Crippen molar-refractivity contribution in [3.8, 4) is 5.75 Å². The van der Waals surface area contributed by atoms with Crippen LogP contribution in [0.1, 0.15) is 42.8 Å². The van der Waals surface area contributed by atoms with Crippen molar-refractivity contribution in [2.75, 3.05) is 18.0 Å². The van der Waals surface area contributed by atoms with Crippen molar-refractivity contribution >= 4 is 17.8 Å². The highest BCUT2D eigenvalue weighted by Crippen LogP contribution is 2.23. The fourth-order valence-corrected chi connectivity index (χ4v) is 2.84. The summed E-state index contributed by atoms with van der Waals surface area (Å²) in [6.45, 7) is 9.73. The zero-order valence-electron chi connectivity index (χ0n) is 15.8. The van der Waals surface area contributed by atoms with Crippen LogP contribution in [0.25, 0.3) is 0 Å². The van der Waals surface area contributed by atoms with Crippen LogP contribution in [-0.2, 0) is 11.2 Å². The van der Waals surface area contributed by atoms with Crippen LogP contribution in [-0.4, -0.2) is 40.5 Å². The minimum Gasteiger partial charge on any atom is -0.507 e. The maximum absolute atomic E-state index is 11.9. The summed E-state index contributed by atoms with van der Waals surface area (Å²) in [5.41, 5.74) is 6.97. The molecule has 1 aromatic carbocycles. The molecule has 7 heteroatoms. The molecule has 1 aromatic heterocycles. The van der Waals surface area contributed by atoms with Crippen molar-refractivity contribution in [2.45, 2.75) is 40.5 Å². The van der Waals surface area contributed by atoms with Gasteiger partial charge in [-0.1, -0.05) is 0 Å². The summed E-state index contributed by atoms with van der Waals surface area (Å²) in [6, 6.07) is 5.43. The van der Waals surface area contributed by atoms with Gasteiger partial charge in [0.25, 0.3) is 0 Å². The van der Waals surface area contributed by atoms with E-state index in [1.165, 1.54) is 6.21 Å². The summed E-state index contributed by atoms with van der Waals surface area (Å²) in [4.78, 5) is 14.1. The zero-order chi connectivity index (χ0) is 19.1. The van der Waals surface area contributed by atoms with Crippen LogP contribution < -0.4 is 10.3 Å². The van der Waals surface area contributed by atoms with Crippen LogP contribution in [0.5, 0.6) is 5.75 Å². The second-order valence-corrected chi connectivity index (χ2v) is 6.12. The molecule has 2 aromatic rings. The molecule has 3 N–H and O–H groups in total. The van der Waals surface area contributed by atoms with Gasteiger partial charge in [0.1, 0.15) is 5.75 Å². The van der Waals surface area contributed by atoms with Crippen LogP contribution in [0.15, 0.2) is 23.3 Å². The van der Waals surface area contributed by atoms with Crippen molar-refractivity contribution in [3.63, 3.8) is 0 Å². The molecule has 0 aliphatic heterocycles. The van der Waals surface area contributed by atoms with Gasteiger partial charge in [0.15, 0.2) is 0 Å². The number of hydrogen-bond acceptors (Lipinski definition) is 5. The summed E-state index contributed by atoms with van der Waals surface area (Å²) in [5.74, 6) is -0.0439. The van der Waals surface area contributed by atoms with E-state index in [-0.39, 0.29) is 11.7 Å². The Morgan fingerprint density at radius 1 is 1.35 bits per heavy atom. The number of aromatic amines is 1. The molecular weight excluding hydrogens is 330 g/mol. The number of phenols is 1. The van der Waals surface area contributed by atoms with Crippen molar-refractivity contribution in [1.82, 2.24) is 15.6 Å². The molecule has 140 valence electrons. The third kappa shape index (κ3) is 4.84. The zero-order valence-corrected chi connectivity index (χ0v) is 15.8. The molecule has 0 radical (unpaired) electrons. The summed E-state index contributed by atoms with van der Waals surface area (Å²) < 4.78 is 0. The summed E-state index contributed by atoms with van der Waals surface area (Å²) in [7, 11) is 0. The van der Waals surface area contributed by atoms with Gasteiger partial charge in [-0.2, -0.15) is 10.2 Å². The molecule has 0 aliphatic carbocycles. The van der Waals surface area contributed by atoms with Gasteiger partial charge in [-0.25, -0.2) is 5.43 Å². The van der Waals surface area contributed by atoms with E-state index in [9.17, 15) is 9.90 Å². The topological polar surface area (TPSA) is 93.6 Å². The third-order valence-electron chi connectivity index (χ3n) is 4.42. The molecule has 1 heterocycles. The van der Waals surface area contributed by atoms with E-state index in [1.807, 2.05) is 19.9 Å². The Labute approximate surface area is 154 Å². The minimum absolute atomic E-state index is 0.136. The van der Waals surface area contributed by atoms with Crippen molar-refractivity contribution in [3.05, 3.63) is 40.7 Å². The first-order chi connectivity index (χ1) is 12.5. The quantitative estimate of drug-likeness (QED) is 0.500. The SMILES string of the molecule is CCN(CC)c1ccc(/C=N\NC(=O)CCc2c(C)n[nH]c2C)c(O)c1. The standard InChI is InChI=1S/C19H27N5O2/c1-5-24(6-2)16-8-7-15(18(25)11-16)12-20-23-19(26)10-9-17-13(3)21-22-14(17)4/h7-8,11-12,25H,5-6,9-10H2,1-4H3,(H,21,22)(H,23,26)/b20-12-. The van der Waals surface area contributed by atoms with E-state index in [4.69, 9.17) is 0 Å². The number of phenolic OH excluding ortho intramolecular Hbond substituents is 1. The van der Waals surface area contributed by atoms with E-state index in [0.717, 1.165) is 35.7 Å². The normalized spacial score (nSPS) is 11.1. The fraction of sp³-hybridized carbons (Fsp3) is 0.421. The van der Waals surface area contributed by atoms with E-state index in [1.54, 1.807) is 12.1 Å². The number of H-pyrrole nitrogens is 1. The predicted octanol–water partition coefficient (Wildman–Crippen LogP) is 2.66. The smallest absolute Gasteiger partial charge is 0.240 e. The van der Waals surface area contributed by atoms with Gasteiger partial charge in [-0.3, -0.25) is 9.89 Å². The number of carbonyl (C=O) groups is 1. The second kappa shape index (κ2) is 9.03. The summed E-state index contributed by atoms with van der Waals surface area (Å²) in [5, 5.41) is 21.1. The Bertz CT molecular complexity index is 759. The Hall–Kier alpha value is -2.83. The third-order valence-corrected chi connectivity index (χ3v) is 4.42. The summed E-state index contributed by atoms with van der Waals surface area (Å²) in [6.07, 6.45) is 2.39. The van der Waals surface area contributed by atoms with Crippen LogP contribution in [0.3, 0.4) is 0 Å². The highest BCUT2D eigenvalue weighted by molar-refractivity contribution is 5.86. The maximum atomic E-state index is 11.9. The molecule has 2 rings (SSSR count). The molecule has 0 aliphatic rings. The molecule has 7 nitrogen and oxygen atoms in total. The number of aryl methyl sites for hydroxylation is 2. The molecule has 0 spiro atoms. The first kappa shape index (κ1) is 19.5. The lowest BCUT2D eigenvalue weighted by molar-refractivity contribution is -0.121. The molecule has 0 unspecified atom stereocenters. The second-order valence-electron chi connectivity index (χ2n) is 6.12. The fourth-order valence-electron chi connectivity index (χ4n) is 2.84. The number of carbonyl (C=O) groups excluding carboxylic acids is 1. The van der Waals surface area contributed by atoms with E-state index >= 15 is 0 Å². The Kier molecular flexibility index (Phi) is 6.77. The first-order valence-corrected chi connectivity index (χ1v) is 8.86. The van der Waals surface area contributed by atoms with Crippen LogP contribution in [0, 0.1) is 13.8 Å². The van der Waals surface area contributed by atoms with Crippen molar-refractivity contribution in [1.29, 1.82) is 0 Å². The molecule has 0 atom stereocenters. The van der Waals surface area contributed by atoms with Gasteiger partial charge >= 0.3 is 0 Å². The predicted molar refractivity (Wildman–Crippen MR) is 104 cm³/mol. The highest BCUT2D eigenvalue weighted by atomic mass is 16.3. The van der Waals surface area contributed by atoms with Crippen molar-refractivity contribution < 1.29 is 9.90 Å². The lowest BCUT2D eigenvalue weighted by Gasteiger charge is -2.21. The molecular formula is C19H27N5O2. The van der Waals surface area contributed by atoms with Gasteiger partial charge in [0.2, 0.25) is 5.91 Å². The molecule has 26 heavy (non-hydrogen) atoms. The largest absolute Gasteiger partial charge is 0.507 e. The Morgan fingerprint density at radius 2 is 2.08 bits per heavy atom. The van der Waals surface area contributed by atoms with Gasteiger partial charge in [0, 0.05) is 42.5 Å². The number of aromatic nitrogens is 2. The number of nitrogens with zero attached hydrogens (tertiary/aromatic N) is 3. The molecule has 1 amide bonds. The summed E-state index contributed by atoms with van der Waals surface area (Å²) >= 11 is 0. The maximum Gasteiger partial charge on any atom is 0.240 e. The lowest BCUT2D eigenvalue weighted by Crippen LogP contribution is -2.21. The number of benzene rings is 1. The molecule has 0 bridgehead atoms. The van der Waals surface area contributed by atoms with Crippen LogP contribution >= 0.6 is 0 Å². The van der Waals surface area contributed by atoms with Gasteiger partial charge in [-0.05, 0) is 51.8 Å². The van der Waals surface area contributed by atoms with E-state index < -0.39 is 0 Å². The number of hydrogen-bond donors (Lipinski definition) is 3. The van der Waals surface area contributed by atoms with Crippen molar-refractivity contribution in [2.24, 2.45) is 5.10 Å². The number of aromatic hydroxyl groups is 1. The Balaban J connectivity index is 1.90. The Morgan fingerprint density at radius 3 is 2.65 bits per heavy atom. The first-order valence-electron chi connectivity index (χ1n) is 8.86. The van der Waals surface area contributed by atoms with E-state index in [2.05, 4.69) is 39.5 Å². The van der Waals surface area contributed by atoms with Gasteiger partial charge in [0.05, 0.1) is 11.9 Å². The minimum atomic E-state index is -0.180. The van der Waals surface area contributed by atoms with Gasteiger partial charge in [-0.15, -0.1) is 0 Å². The van der Waals surface area contributed by atoms with Gasteiger partial charge < -0.3 is 10.0 Å². The number of hydrazone groups is 1. The number of rotatable bonds is 8. The number of nitrogens with one attached hydrogen (secondary N) is 2. The number of amides is 1. The molecule has 0 saturated heterocycles. The number of anilines is 1.